The summed E-state index contributed by atoms with van der Waals surface area (Å²) in [6, 6.07) is 12.0. The molecule has 2 heterocycles. The fourth-order valence-corrected chi connectivity index (χ4v) is 2.77. The predicted molar refractivity (Wildman–Crippen MR) is 101 cm³/mol. The molecular formula is C20H16N4O4. The van der Waals surface area contributed by atoms with E-state index in [9.17, 15) is 9.59 Å². The van der Waals surface area contributed by atoms with Crippen LogP contribution < -0.4 is 10.3 Å². The van der Waals surface area contributed by atoms with Gasteiger partial charge in [-0.15, -0.1) is 0 Å². The Morgan fingerprint density at radius 3 is 2.89 bits per heavy atom. The summed E-state index contributed by atoms with van der Waals surface area (Å²) in [6.45, 7) is 3.27. The number of H-pyrrole nitrogens is 1. The summed E-state index contributed by atoms with van der Waals surface area (Å²) in [7, 11) is 0. The molecule has 0 fully saturated rings. The Hall–Kier alpha value is -3.81. The molecule has 28 heavy (non-hydrogen) atoms. The van der Waals surface area contributed by atoms with Crippen LogP contribution in [-0.2, 0) is 0 Å². The van der Waals surface area contributed by atoms with E-state index in [0.29, 0.717) is 33.6 Å². The van der Waals surface area contributed by atoms with Crippen LogP contribution >= 0.6 is 0 Å². The van der Waals surface area contributed by atoms with Crippen molar-refractivity contribution < 1.29 is 14.1 Å². The van der Waals surface area contributed by atoms with Gasteiger partial charge in [-0.1, -0.05) is 17.3 Å². The first kappa shape index (κ1) is 17.6. The number of ketones is 1. The van der Waals surface area contributed by atoms with Gasteiger partial charge in [-0.3, -0.25) is 9.59 Å². The highest BCUT2D eigenvalue weighted by molar-refractivity contribution is 5.94. The van der Waals surface area contributed by atoms with Crippen LogP contribution in [0.1, 0.15) is 36.2 Å². The maximum atomic E-state index is 12.0. The third-order valence-corrected chi connectivity index (χ3v) is 4.24. The van der Waals surface area contributed by atoms with Gasteiger partial charge in [0.2, 0.25) is 5.82 Å². The topological polar surface area (TPSA) is 111 Å². The highest BCUT2D eigenvalue weighted by Gasteiger charge is 2.18. The number of carbonyl (C=O) groups excluding carboxylic acids is 1. The second-order valence-corrected chi connectivity index (χ2v) is 6.26. The molecule has 4 aromatic rings. The smallest absolute Gasteiger partial charge is 0.267 e. The summed E-state index contributed by atoms with van der Waals surface area (Å²) in [4.78, 5) is 34.5. The molecule has 1 atom stereocenters. The molecule has 0 aliphatic carbocycles. The Bertz CT molecular complexity index is 1230. The number of fused-ring (bicyclic) bond motifs is 1. The number of benzene rings is 2. The first-order chi connectivity index (χ1) is 13.5. The highest BCUT2D eigenvalue weighted by Crippen LogP contribution is 2.25. The Kier molecular flexibility index (Phi) is 4.44. The number of hydrogen-bond donors (Lipinski definition) is 1. The van der Waals surface area contributed by atoms with E-state index >= 15 is 0 Å². The summed E-state index contributed by atoms with van der Waals surface area (Å²) in [5.74, 6) is 1.11. The van der Waals surface area contributed by atoms with Crippen LogP contribution in [0.5, 0.6) is 5.75 Å². The third-order valence-electron chi connectivity index (χ3n) is 4.24. The van der Waals surface area contributed by atoms with Gasteiger partial charge in [0.1, 0.15) is 5.75 Å². The molecule has 140 valence electrons. The number of hydrogen-bond acceptors (Lipinski definition) is 7. The Morgan fingerprint density at radius 1 is 1.21 bits per heavy atom. The second-order valence-electron chi connectivity index (χ2n) is 6.26. The molecule has 1 N–H and O–H groups in total. The fourth-order valence-electron chi connectivity index (χ4n) is 2.77. The van der Waals surface area contributed by atoms with Crippen molar-refractivity contribution in [1.82, 2.24) is 20.1 Å². The van der Waals surface area contributed by atoms with Crippen molar-refractivity contribution in [2.45, 2.75) is 20.0 Å². The van der Waals surface area contributed by atoms with Crippen molar-refractivity contribution in [3.8, 4) is 17.1 Å². The molecule has 0 aliphatic heterocycles. The van der Waals surface area contributed by atoms with Crippen LogP contribution in [0.15, 0.2) is 58.1 Å². The molecule has 8 heteroatoms. The number of nitrogens with one attached hydrogen (secondary N) is 1. The number of carbonyl (C=O) groups is 1. The number of aromatic amines is 1. The van der Waals surface area contributed by atoms with Gasteiger partial charge in [0.05, 0.1) is 17.2 Å². The molecule has 0 spiro atoms. The number of Topliss-reactive ketones (excluding diaryl/α,β-unsaturated/α-hetero) is 1. The minimum absolute atomic E-state index is 0.0426. The maximum Gasteiger partial charge on any atom is 0.267 e. The molecule has 2 aromatic heterocycles. The van der Waals surface area contributed by atoms with Crippen molar-refractivity contribution in [3.05, 3.63) is 70.6 Å². The first-order valence-electron chi connectivity index (χ1n) is 8.60. The number of aromatic nitrogens is 4. The molecule has 0 bridgehead atoms. The first-order valence-corrected chi connectivity index (χ1v) is 8.60. The highest BCUT2D eigenvalue weighted by atomic mass is 16.5. The van der Waals surface area contributed by atoms with Crippen molar-refractivity contribution in [1.29, 1.82) is 0 Å². The van der Waals surface area contributed by atoms with Crippen molar-refractivity contribution in [3.63, 3.8) is 0 Å². The Morgan fingerprint density at radius 2 is 2.07 bits per heavy atom. The van der Waals surface area contributed by atoms with Crippen molar-refractivity contribution in [2.75, 3.05) is 0 Å². The van der Waals surface area contributed by atoms with Crippen LogP contribution in [0.25, 0.3) is 22.3 Å². The van der Waals surface area contributed by atoms with Crippen LogP contribution in [0.2, 0.25) is 0 Å². The van der Waals surface area contributed by atoms with E-state index in [-0.39, 0.29) is 17.2 Å². The normalized spacial score (nSPS) is 12.1. The lowest BCUT2D eigenvalue weighted by molar-refractivity contribution is 0.101. The van der Waals surface area contributed by atoms with Gasteiger partial charge in [-0.2, -0.15) is 4.98 Å². The standard InChI is InChI=1S/C20H16N4O4/c1-11(25)13-4-3-5-15(8-13)27-12(2)20-23-18(24-28-20)14-6-7-17-16(9-14)19(26)22-10-21-17/h3-10,12H,1-2H3,(H,21,22,26). The fraction of sp³-hybridized carbons (Fsp3) is 0.150. The molecule has 2 aromatic carbocycles. The average Bonchev–Trinajstić information content (AvgIpc) is 3.19. The van der Waals surface area contributed by atoms with E-state index in [1.165, 1.54) is 13.3 Å². The zero-order chi connectivity index (χ0) is 19.7. The molecule has 4 rings (SSSR count). The monoisotopic (exact) mass is 376 g/mol. The van der Waals surface area contributed by atoms with Crippen LogP contribution in [-0.4, -0.2) is 25.9 Å². The lowest BCUT2D eigenvalue weighted by Crippen LogP contribution is -2.06. The minimum Gasteiger partial charge on any atom is -0.481 e. The minimum atomic E-state index is -0.519. The lowest BCUT2D eigenvalue weighted by Gasteiger charge is -2.11. The van der Waals surface area contributed by atoms with E-state index in [2.05, 4.69) is 20.1 Å². The third kappa shape index (κ3) is 3.39. The summed E-state index contributed by atoms with van der Waals surface area (Å²) in [5, 5.41) is 4.42. The maximum absolute atomic E-state index is 12.0. The number of nitrogens with zero attached hydrogens (tertiary/aromatic N) is 3. The van der Waals surface area contributed by atoms with Gasteiger partial charge < -0.3 is 14.2 Å². The van der Waals surface area contributed by atoms with Gasteiger partial charge in [-0.05, 0) is 44.2 Å². The van der Waals surface area contributed by atoms with Gasteiger partial charge in [0, 0.05) is 11.1 Å². The van der Waals surface area contributed by atoms with Gasteiger partial charge in [0.15, 0.2) is 11.9 Å². The van der Waals surface area contributed by atoms with E-state index in [0.717, 1.165) is 0 Å². The summed E-state index contributed by atoms with van der Waals surface area (Å²) < 4.78 is 11.1. The Balaban J connectivity index is 1.59. The van der Waals surface area contributed by atoms with Gasteiger partial charge in [0.25, 0.3) is 11.4 Å². The second kappa shape index (κ2) is 7.07. The summed E-state index contributed by atoms with van der Waals surface area (Å²) in [6.07, 6.45) is 0.839. The van der Waals surface area contributed by atoms with E-state index in [1.807, 2.05) is 0 Å². The molecule has 8 nitrogen and oxygen atoms in total. The Labute approximate surface area is 159 Å². The largest absolute Gasteiger partial charge is 0.481 e. The molecule has 0 saturated carbocycles. The summed E-state index contributed by atoms with van der Waals surface area (Å²) in [5.41, 5.74) is 1.54. The van der Waals surface area contributed by atoms with Crippen LogP contribution in [0, 0.1) is 0 Å². The predicted octanol–water partition coefficient (Wildman–Crippen LogP) is 3.32. The lowest BCUT2D eigenvalue weighted by atomic mass is 10.1. The van der Waals surface area contributed by atoms with Gasteiger partial charge >= 0.3 is 0 Å². The zero-order valence-electron chi connectivity index (χ0n) is 15.2. The van der Waals surface area contributed by atoms with Crippen LogP contribution in [0.3, 0.4) is 0 Å². The molecule has 0 radical (unpaired) electrons. The van der Waals surface area contributed by atoms with Gasteiger partial charge in [-0.25, -0.2) is 4.98 Å². The van der Waals surface area contributed by atoms with E-state index < -0.39 is 6.10 Å². The number of rotatable bonds is 5. The van der Waals surface area contributed by atoms with Crippen molar-refractivity contribution >= 4 is 16.7 Å². The zero-order valence-corrected chi connectivity index (χ0v) is 15.2. The molecule has 0 saturated heterocycles. The quantitative estimate of drug-likeness (QED) is 0.532. The molecular weight excluding hydrogens is 360 g/mol. The summed E-state index contributed by atoms with van der Waals surface area (Å²) >= 11 is 0. The van der Waals surface area contributed by atoms with Crippen LogP contribution in [0.4, 0.5) is 0 Å². The molecule has 1 unspecified atom stereocenters. The van der Waals surface area contributed by atoms with E-state index in [4.69, 9.17) is 9.26 Å². The molecule has 0 aliphatic rings. The van der Waals surface area contributed by atoms with Crippen molar-refractivity contribution in [2.24, 2.45) is 0 Å². The molecule has 0 amide bonds. The van der Waals surface area contributed by atoms with E-state index in [1.54, 1.807) is 49.4 Å². The number of ether oxygens (including phenoxy) is 1. The SMILES string of the molecule is CC(=O)c1cccc(OC(C)c2nc(-c3ccc4nc[nH]c(=O)c4c3)no2)c1. The average molecular weight is 376 g/mol.